The number of hydrogen-bond acceptors (Lipinski definition) is 5. The minimum atomic E-state index is 0.577. The molecule has 0 unspecified atom stereocenters. The molecular weight excluding hydrogens is 482 g/mol. The lowest BCUT2D eigenvalue weighted by Gasteiger charge is -2.07. The van der Waals surface area contributed by atoms with Crippen LogP contribution in [0, 0.1) is 0 Å². The van der Waals surface area contributed by atoms with E-state index in [1.54, 1.807) is 0 Å². The average molecular weight is 497 g/mol. The molecule has 3 aromatic carbocycles. The van der Waals surface area contributed by atoms with Crippen molar-refractivity contribution in [3.8, 4) is 11.4 Å². The first-order valence-electron chi connectivity index (χ1n) is 9.22. The van der Waals surface area contributed by atoms with Gasteiger partial charge in [-0.15, -0.1) is 10.2 Å². The summed E-state index contributed by atoms with van der Waals surface area (Å²) >= 11 is 11.1. The van der Waals surface area contributed by atoms with E-state index in [0.29, 0.717) is 11.6 Å². The minimum absolute atomic E-state index is 0.577. The maximum atomic E-state index is 6.07. The van der Waals surface area contributed by atoms with Crippen LogP contribution in [0.25, 0.3) is 22.4 Å². The van der Waals surface area contributed by atoms with Gasteiger partial charge >= 0.3 is 0 Å². The fourth-order valence-electron chi connectivity index (χ4n) is 3.24. The number of rotatable bonds is 5. The van der Waals surface area contributed by atoms with Gasteiger partial charge in [-0.3, -0.25) is 0 Å². The van der Waals surface area contributed by atoms with Crippen LogP contribution in [0.3, 0.4) is 0 Å². The number of hydrogen-bond donors (Lipinski definition) is 1. The molecule has 1 N–H and O–H groups in total. The van der Waals surface area contributed by atoms with Gasteiger partial charge in [-0.25, -0.2) is 4.98 Å². The van der Waals surface area contributed by atoms with E-state index in [1.807, 2.05) is 66.7 Å². The summed E-state index contributed by atoms with van der Waals surface area (Å²) < 4.78 is 3.15. The molecule has 5 rings (SSSR count). The Bertz CT molecular complexity index is 1330. The van der Waals surface area contributed by atoms with E-state index in [-0.39, 0.29) is 0 Å². The van der Waals surface area contributed by atoms with Crippen LogP contribution in [0.2, 0.25) is 5.02 Å². The van der Waals surface area contributed by atoms with Crippen molar-refractivity contribution in [1.29, 1.82) is 0 Å². The minimum Gasteiger partial charge on any atom is -0.329 e. The summed E-state index contributed by atoms with van der Waals surface area (Å²) in [5.74, 6) is 0.878. The van der Waals surface area contributed by atoms with Crippen molar-refractivity contribution in [2.75, 3.05) is 5.32 Å². The number of nitrogens with one attached hydrogen (secondary N) is 1. The number of nitrogens with zero attached hydrogens (tertiary/aromatic N) is 4. The molecule has 0 atom stereocenters. The molecule has 148 valence electrons. The molecule has 0 spiro atoms. The average Bonchev–Trinajstić information content (AvgIpc) is 3.35. The van der Waals surface area contributed by atoms with Crippen LogP contribution >= 0.6 is 38.9 Å². The molecular formula is C22H15BrClN5S. The molecule has 0 aliphatic rings. The Morgan fingerprint density at radius 3 is 2.53 bits per heavy atom. The maximum Gasteiger partial charge on any atom is 0.210 e. The zero-order valence-electron chi connectivity index (χ0n) is 15.6. The van der Waals surface area contributed by atoms with Gasteiger partial charge in [0.1, 0.15) is 10.8 Å². The predicted octanol–water partition coefficient (Wildman–Crippen LogP) is 6.76. The molecule has 0 saturated carbocycles. The SMILES string of the molecule is Clc1ccc(-c2nc3ccccc3n2Cc2nnc(Nc3ccccc3Br)s2)cc1. The monoisotopic (exact) mass is 495 g/mol. The highest BCUT2D eigenvalue weighted by Crippen LogP contribution is 2.30. The van der Waals surface area contributed by atoms with E-state index in [4.69, 9.17) is 16.6 Å². The van der Waals surface area contributed by atoms with E-state index in [9.17, 15) is 0 Å². The van der Waals surface area contributed by atoms with Gasteiger partial charge in [-0.2, -0.15) is 0 Å². The van der Waals surface area contributed by atoms with E-state index in [0.717, 1.165) is 42.7 Å². The van der Waals surface area contributed by atoms with Crippen LogP contribution < -0.4 is 5.32 Å². The number of anilines is 2. The van der Waals surface area contributed by atoms with Crippen molar-refractivity contribution >= 4 is 60.7 Å². The number of halogens is 2. The van der Waals surface area contributed by atoms with Crippen LogP contribution in [-0.2, 0) is 6.54 Å². The Balaban J connectivity index is 1.50. The predicted molar refractivity (Wildman–Crippen MR) is 127 cm³/mol. The van der Waals surface area contributed by atoms with Crippen molar-refractivity contribution < 1.29 is 0 Å². The van der Waals surface area contributed by atoms with E-state index < -0.39 is 0 Å². The topological polar surface area (TPSA) is 55.6 Å². The van der Waals surface area contributed by atoms with Gasteiger partial charge in [0, 0.05) is 15.1 Å². The summed E-state index contributed by atoms with van der Waals surface area (Å²) in [5, 5.41) is 14.4. The third-order valence-electron chi connectivity index (χ3n) is 4.63. The molecule has 0 aliphatic heterocycles. The maximum absolute atomic E-state index is 6.07. The Hall–Kier alpha value is -2.74. The Labute approximate surface area is 190 Å². The van der Waals surface area contributed by atoms with Crippen LogP contribution in [0.15, 0.2) is 77.3 Å². The lowest BCUT2D eigenvalue weighted by Crippen LogP contribution is -2.02. The van der Waals surface area contributed by atoms with Crippen molar-refractivity contribution in [3.05, 3.63) is 87.3 Å². The van der Waals surface area contributed by atoms with Gasteiger partial charge in [-0.1, -0.05) is 47.2 Å². The first-order valence-corrected chi connectivity index (χ1v) is 11.2. The summed E-state index contributed by atoms with van der Waals surface area (Å²) in [6.07, 6.45) is 0. The van der Waals surface area contributed by atoms with Crippen molar-refractivity contribution in [1.82, 2.24) is 19.7 Å². The Morgan fingerprint density at radius 1 is 0.933 bits per heavy atom. The number of para-hydroxylation sites is 3. The third kappa shape index (κ3) is 3.84. The molecule has 2 heterocycles. The molecule has 0 aliphatic carbocycles. The van der Waals surface area contributed by atoms with Crippen molar-refractivity contribution in [3.63, 3.8) is 0 Å². The molecule has 0 bridgehead atoms. The molecule has 8 heteroatoms. The molecule has 30 heavy (non-hydrogen) atoms. The highest BCUT2D eigenvalue weighted by Gasteiger charge is 2.15. The van der Waals surface area contributed by atoms with Gasteiger partial charge in [0.25, 0.3) is 0 Å². The van der Waals surface area contributed by atoms with Gasteiger partial charge in [0.2, 0.25) is 5.13 Å². The molecule has 0 fully saturated rings. The fraction of sp³-hybridized carbons (Fsp3) is 0.0455. The summed E-state index contributed by atoms with van der Waals surface area (Å²) in [6, 6.07) is 23.8. The van der Waals surface area contributed by atoms with E-state index in [1.165, 1.54) is 11.3 Å². The number of benzene rings is 3. The quantitative estimate of drug-likeness (QED) is 0.292. The molecule has 0 amide bonds. The van der Waals surface area contributed by atoms with Gasteiger partial charge in [0.05, 0.1) is 23.3 Å². The van der Waals surface area contributed by atoms with Gasteiger partial charge < -0.3 is 9.88 Å². The molecule has 2 aromatic heterocycles. The molecule has 5 nitrogen and oxygen atoms in total. The van der Waals surface area contributed by atoms with Crippen molar-refractivity contribution in [2.24, 2.45) is 0 Å². The first-order chi connectivity index (χ1) is 14.7. The first kappa shape index (κ1) is 19.2. The summed E-state index contributed by atoms with van der Waals surface area (Å²) in [6.45, 7) is 0.577. The zero-order chi connectivity index (χ0) is 20.5. The van der Waals surface area contributed by atoms with Crippen molar-refractivity contribution in [2.45, 2.75) is 6.54 Å². The Morgan fingerprint density at radius 2 is 1.70 bits per heavy atom. The number of imidazole rings is 1. The normalized spacial score (nSPS) is 11.1. The highest BCUT2D eigenvalue weighted by atomic mass is 79.9. The number of aromatic nitrogens is 4. The van der Waals surface area contributed by atoms with Crippen LogP contribution in [0.1, 0.15) is 5.01 Å². The lowest BCUT2D eigenvalue weighted by molar-refractivity contribution is 0.809. The standard InChI is InChI=1S/C22H15BrClN5S/c23-16-5-1-2-6-17(16)26-22-28-27-20(30-22)13-29-19-8-4-3-7-18(19)25-21(29)14-9-11-15(24)12-10-14/h1-12H,13H2,(H,26,28). The van der Waals surface area contributed by atoms with Crippen LogP contribution in [0.4, 0.5) is 10.8 Å². The second kappa shape index (κ2) is 8.18. The summed E-state index contributed by atoms with van der Waals surface area (Å²) in [4.78, 5) is 4.85. The number of fused-ring (bicyclic) bond motifs is 1. The molecule has 0 radical (unpaired) electrons. The van der Waals surface area contributed by atoms with Crippen LogP contribution in [-0.4, -0.2) is 19.7 Å². The fourth-order valence-corrected chi connectivity index (χ4v) is 4.49. The van der Waals surface area contributed by atoms with Crippen LogP contribution in [0.5, 0.6) is 0 Å². The van der Waals surface area contributed by atoms with E-state index in [2.05, 4.69) is 42.1 Å². The van der Waals surface area contributed by atoms with Gasteiger partial charge in [0.15, 0.2) is 0 Å². The second-order valence-electron chi connectivity index (χ2n) is 6.62. The second-order valence-corrected chi connectivity index (χ2v) is 8.98. The zero-order valence-corrected chi connectivity index (χ0v) is 18.7. The molecule has 5 aromatic rings. The largest absolute Gasteiger partial charge is 0.329 e. The molecule has 0 saturated heterocycles. The Kier molecular flexibility index (Phi) is 5.25. The lowest BCUT2D eigenvalue weighted by atomic mass is 10.2. The van der Waals surface area contributed by atoms with Gasteiger partial charge in [-0.05, 0) is 64.5 Å². The summed E-state index contributed by atoms with van der Waals surface area (Å²) in [7, 11) is 0. The summed E-state index contributed by atoms with van der Waals surface area (Å²) in [5.41, 5.74) is 3.96. The third-order valence-corrected chi connectivity index (χ3v) is 6.40. The smallest absolute Gasteiger partial charge is 0.210 e. The van der Waals surface area contributed by atoms with E-state index >= 15 is 0 Å². The highest BCUT2D eigenvalue weighted by molar-refractivity contribution is 9.10.